The Bertz CT molecular complexity index is 1200. The van der Waals surface area contributed by atoms with Crippen LogP contribution < -0.4 is 9.64 Å². The molecule has 1 aromatic rings. The molecule has 3 amide bonds. The maximum Gasteiger partial charge on any atom is 0.247 e. The van der Waals surface area contributed by atoms with Crippen LogP contribution >= 0.6 is 11.8 Å². The van der Waals surface area contributed by atoms with E-state index in [1.54, 1.807) is 45.5 Å². The van der Waals surface area contributed by atoms with Gasteiger partial charge in [0.2, 0.25) is 17.7 Å². The lowest BCUT2D eigenvalue weighted by atomic mass is 9.66. The molecule has 3 aliphatic heterocycles. The molecule has 224 valence electrons. The molecule has 6 atom stereocenters. The Hall–Kier alpha value is -2.78. The van der Waals surface area contributed by atoms with Crippen molar-refractivity contribution in [1.82, 2.24) is 9.80 Å². The second-order valence-corrected chi connectivity index (χ2v) is 14.5. The van der Waals surface area contributed by atoms with E-state index in [0.29, 0.717) is 37.4 Å². The first-order chi connectivity index (χ1) is 19.3. The van der Waals surface area contributed by atoms with Gasteiger partial charge in [0.25, 0.3) is 0 Å². The van der Waals surface area contributed by atoms with Gasteiger partial charge < -0.3 is 24.5 Å². The first kappa shape index (κ1) is 31.2. The minimum atomic E-state index is -0.788. The van der Waals surface area contributed by atoms with Gasteiger partial charge in [-0.05, 0) is 78.6 Å². The molecule has 0 saturated carbocycles. The molecule has 0 aromatic heterocycles. The van der Waals surface area contributed by atoms with Crippen molar-refractivity contribution in [3.8, 4) is 5.75 Å². The lowest BCUT2D eigenvalue weighted by Crippen LogP contribution is -2.60. The Morgan fingerprint density at radius 1 is 1.17 bits per heavy atom. The SMILES string of the molecule is C=CCN(C(=O)[C@H]1[C@H]2C(=O)N([C@H](C)CO)C(C(=O)N(CC=C)C(C)(C)C)C23CC[C@]1(C)S3)c1ccc(OCC)cc1. The van der Waals surface area contributed by atoms with E-state index >= 15 is 0 Å². The van der Waals surface area contributed by atoms with E-state index in [0.717, 1.165) is 0 Å². The first-order valence-electron chi connectivity index (χ1n) is 14.5. The van der Waals surface area contributed by atoms with E-state index in [1.807, 2.05) is 52.0 Å². The maximum atomic E-state index is 14.5. The highest BCUT2D eigenvalue weighted by atomic mass is 32.2. The number of aliphatic hydroxyl groups is 1. The Morgan fingerprint density at radius 2 is 1.80 bits per heavy atom. The Kier molecular flexibility index (Phi) is 8.72. The van der Waals surface area contributed by atoms with Crippen LogP contribution in [0.15, 0.2) is 49.6 Å². The number of carbonyl (C=O) groups is 3. The van der Waals surface area contributed by atoms with Crippen LogP contribution in [0.2, 0.25) is 0 Å². The topological polar surface area (TPSA) is 90.4 Å². The minimum Gasteiger partial charge on any atom is -0.494 e. The number of likely N-dealkylation sites (tertiary alicyclic amines) is 1. The fraction of sp³-hybridized carbons (Fsp3) is 0.594. The van der Waals surface area contributed by atoms with E-state index in [-0.39, 0.29) is 30.9 Å². The third kappa shape index (κ3) is 5.09. The Balaban J connectivity index is 1.80. The molecular weight excluding hydrogens is 538 g/mol. The fourth-order valence-corrected chi connectivity index (χ4v) is 9.39. The third-order valence-corrected chi connectivity index (χ3v) is 10.9. The summed E-state index contributed by atoms with van der Waals surface area (Å²) in [6.07, 6.45) is 4.75. The van der Waals surface area contributed by atoms with Crippen LogP contribution in [-0.4, -0.2) is 86.0 Å². The number of anilines is 1. The van der Waals surface area contributed by atoms with Crippen molar-refractivity contribution < 1.29 is 24.2 Å². The molecule has 4 rings (SSSR count). The number of aliphatic hydroxyl groups excluding tert-OH is 1. The predicted octanol–water partition coefficient (Wildman–Crippen LogP) is 4.28. The quantitative estimate of drug-likeness (QED) is 0.391. The van der Waals surface area contributed by atoms with Gasteiger partial charge in [-0.3, -0.25) is 14.4 Å². The zero-order valence-corrected chi connectivity index (χ0v) is 26.1. The molecular formula is C32H45N3O5S. The molecule has 1 N–H and O–H groups in total. The summed E-state index contributed by atoms with van der Waals surface area (Å²) in [4.78, 5) is 48.5. The summed E-state index contributed by atoms with van der Waals surface area (Å²) >= 11 is 1.64. The molecule has 3 heterocycles. The van der Waals surface area contributed by atoms with E-state index in [4.69, 9.17) is 4.74 Å². The Labute approximate surface area is 248 Å². The smallest absolute Gasteiger partial charge is 0.247 e. The van der Waals surface area contributed by atoms with Crippen molar-refractivity contribution in [2.45, 2.75) is 81.5 Å². The van der Waals surface area contributed by atoms with Crippen LogP contribution in [-0.2, 0) is 14.4 Å². The number of nitrogens with zero attached hydrogens (tertiary/aromatic N) is 3. The molecule has 8 nitrogen and oxygen atoms in total. The molecule has 0 aliphatic carbocycles. The molecule has 3 fully saturated rings. The van der Waals surface area contributed by atoms with Crippen molar-refractivity contribution in [3.63, 3.8) is 0 Å². The van der Waals surface area contributed by atoms with Crippen LogP contribution in [0.3, 0.4) is 0 Å². The maximum absolute atomic E-state index is 14.5. The van der Waals surface area contributed by atoms with Gasteiger partial charge in [-0.2, -0.15) is 0 Å². The second kappa shape index (κ2) is 11.5. The number of ether oxygens (including phenoxy) is 1. The molecule has 9 heteroatoms. The largest absolute Gasteiger partial charge is 0.494 e. The molecule has 1 aromatic carbocycles. The van der Waals surface area contributed by atoms with E-state index in [1.165, 1.54) is 0 Å². The lowest BCUT2D eigenvalue weighted by molar-refractivity contribution is -0.148. The summed E-state index contributed by atoms with van der Waals surface area (Å²) in [7, 11) is 0. The highest BCUT2D eigenvalue weighted by Crippen LogP contribution is 2.72. The molecule has 2 unspecified atom stereocenters. The van der Waals surface area contributed by atoms with Gasteiger partial charge >= 0.3 is 0 Å². The monoisotopic (exact) mass is 583 g/mol. The summed E-state index contributed by atoms with van der Waals surface area (Å²) < 4.78 is 4.31. The van der Waals surface area contributed by atoms with Crippen LogP contribution in [0.5, 0.6) is 5.75 Å². The number of fused-ring (bicyclic) bond motifs is 1. The van der Waals surface area contributed by atoms with Crippen molar-refractivity contribution in [2.24, 2.45) is 11.8 Å². The summed E-state index contributed by atoms with van der Waals surface area (Å²) in [5, 5.41) is 10.2. The number of thioether (sulfide) groups is 1. The standard InChI is InChI=1S/C32H45N3O5S/c1-9-18-33(22-12-14-23(15-13-22)40-11-3)27(37)24-25-28(38)35(21(4)20-36)26(32(25)17-16-31(24,8)41-32)29(39)34(19-10-2)30(5,6)7/h9-10,12-15,21,24-26,36H,1-2,11,16-20H2,3-8H3/t21-,24-,25+,26?,31+,32?/m1/s1. The van der Waals surface area contributed by atoms with Crippen molar-refractivity contribution in [2.75, 3.05) is 31.2 Å². The number of carbonyl (C=O) groups excluding carboxylic acids is 3. The Morgan fingerprint density at radius 3 is 2.34 bits per heavy atom. The summed E-state index contributed by atoms with van der Waals surface area (Å²) in [6.45, 7) is 20.3. The predicted molar refractivity (Wildman–Crippen MR) is 164 cm³/mol. The van der Waals surface area contributed by atoms with Crippen LogP contribution in [0.25, 0.3) is 0 Å². The lowest BCUT2D eigenvalue weighted by Gasteiger charge is -2.43. The normalized spacial score (nSPS) is 29.2. The van der Waals surface area contributed by atoms with Crippen molar-refractivity contribution >= 4 is 35.2 Å². The molecule has 1 spiro atoms. The van der Waals surface area contributed by atoms with Gasteiger partial charge in [0.15, 0.2) is 0 Å². The molecule has 41 heavy (non-hydrogen) atoms. The number of hydrogen-bond acceptors (Lipinski definition) is 6. The van der Waals surface area contributed by atoms with Gasteiger partial charge in [0.05, 0.1) is 35.8 Å². The number of amides is 3. The number of rotatable bonds is 11. The highest BCUT2D eigenvalue weighted by molar-refractivity contribution is 8.02. The zero-order chi connectivity index (χ0) is 30.3. The first-order valence-corrected chi connectivity index (χ1v) is 15.3. The van der Waals surface area contributed by atoms with Gasteiger partial charge in [-0.1, -0.05) is 12.2 Å². The van der Waals surface area contributed by atoms with Gasteiger partial charge in [-0.15, -0.1) is 24.9 Å². The molecule has 0 radical (unpaired) electrons. The average molecular weight is 584 g/mol. The average Bonchev–Trinajstić information content (AvgIpc) is 3.50. The van der Waals surface area contributed by atoms with Gasteiger partial charge in [-0.25, -0.2) is 0 Å². The number of benzene rings is 1. The van der Waals surface area contributed by atoms with Crippen molar-refractivity contribution in [1.29, 1.82) is 0 Å². The van der Waals surface area contributed by atoms with Crippen LogP contribution in [0, 0.1) is 11.8 Å². The minimum absolute atomic E-state index is 0.146. The molecule has 2 bridgehead atoms. The van der Waals surface area contributed by atoms with Crippen molar-refractivity contribution in [3.05, 3.63) is 49.6 Å². The van der Waals surface area contributed by atoms with Gasteiger partial charge in [0.1, 0.15) is 11.8 Å². The molecule has 3 aliphatic rings. The highest BCUT2D eigenvalue weighted by Gasteiger charge is 2.78. The third-order valence-electron chi connectivity index (χ3n) is 8.88. The van der Waals surface area contributed by atoms with Crippen LogP contribution in [0.1, 0.15) is 54.4 Å². The van der Waals surface area contributed by atoms with Crippen LogP contribution in [0.4, 0.5) is 5.69 Å². The second-order valence-electron chi connectivity index (χ2n) is 12.6. The van der Waals surface area contributed by atoms with E-state index in [9.17, 15) is 19.5 Å². The number of hydrogen-bond donors (Lipinski definition) is 1. The summed E-state index contributed by atoms with van der Waals surface area (Å²) in [6, 6.07) is 6.02. The fourth-order valence-electron chi connectivity index (χ4n) is 7.06. The van der Waals surface area contributed by atoms with E-state index < -0.39 is 39.0 Å². The summed E-state index contributed by atoms with van der Waals surface area (Å²) in [5.74, 6) is -1.12. The van der Waals surface area contributed by atoms with E-state index in [2.05, 4.69) is 20.1 Å². The van der Waals surface area contributed by atoms with Gasteiger partial charge in [0, 0.05) is 29.1 Å². The molecule has 3 saturated heterocycles. The zero-order valence-electron chi connectivity index (χ0n) is 25.3. The summed E-state index contributed by atoms with van der Waals surface area (Å²) in [5.41, 5.74) is 0.193.